The Bertz CT molecular complexity index is 451. The number of hydrogen-bond acceptors (Lipinski definition) is 2. The Hall–Kier alpha value is -0.730. The van der Waals surface area contributed by atoms with Crippen LogP contribution >= 0.6 is 11.6 Å². The maximum Gasteiger partial charge on any atom is 0.0642 e. The summed E-state index contributed by atoms with van der Waals surface area (Å²) in [6, 6.07) is 6.89. The highest BCUT2D eigenvalue weighted by atomic mass is 35.5. The molecule has 1 fully saturated rings. The van der Waals surface area contributed by atoms with E-state index in [4.69, 9.17) is 11.6 Å². The second kappa shape index (κ2) is 7.51. The molecular formula is C18H29ClN2. The van der Waals surface area contributed by atoms with Crippen LogP contribution in [0.15, 0.2) is 18.2 Å². The molecule has 0 amide bonds. The van der Waals surface area contributed by atoms with Crippen LogP contribution in [0.2, 0.25) is 5.02 Å². The fourth-order valence-electron chi connectivity index (χ4n) is 3.28. The van der Waals surface area contributed by atoms with Crippen molar-refractivity contribution >= 4 is 17.3 Å². The number of halogens is 1. The molecule has 1 aromatic rings. The van der Waals surface area contributed by atoms with Crippen molar-refractivity contribution in [1.29, 1.82) is 0 Å². The Morgan fingerprint density at radius 1 is 1.24 bits per heavy atom. The maximum atomic E-state index is 6.54. The monoisotopic (exact) mass is 308 g/mol. The van der Waals surface area contributed by atoms with Gasteiger partial charge in [0.05, 0.1) is 10.7 Å². The van der Waals surface area contributed by atoms with Gasteiger partial charge >= 0.3 is 0 Å². The van der Waals surface area contributed by atoms with Crippen LogP contribution in [0.1, 0.15) is 52.1 Å². The minimum Gasteiger partial charge on any atom is -0.370 e. The predicted molar refractivity (Wildman–Crippen MR) is 93.3 cm³/mol. The highest BCUT2D eigenvalue weighted by Gasteiger charge is 2.23. The minimum absolute atomic E-state index is 0.355. The number of benzene rings is 1. The Morgan fingerprint density at radius 2 is 1.90 bits per heavy atom. The largest absolute Gasteiger partial charge is 0.370 e. The van der Waals surface area contributed by atoms with Gasteiger partial charge in [-0.25, -0.2) is 0 Å². The first kappa shape index (κ1) is 16.6. The molecule has 118 valence electrons. The summed E-state index contributed by atoms with van der Waals surface area (Å²) in [5.41, 5.74) is 2.47. The fraction of sp³-hybridized carbons (Fsp3) is 0.667. The van der Waals surface area contributed by atoms with Crippen LogP contribution in [-0.4, -0.2) is 19.6 Å². The summed E-state index contributed by atoms with van der Waals surface area (Å²) in [7, 11) is 0. The number of piperidine rings is 1. The molecule has 1 aliphatic rings. The molecule has 1 unspecified atom stereocenters. The topological polar surface area (TPSA) is 15.3 Å². The van der Waals surface area contributed by atoms with E-state index in [2.05, 4.69) is 56.1 Å². The van der Waals surface area contributed by atoms with Crippen molar-refractivity contribution in [2.75, 3.05) is 24.5 Å². The predicted octanol–water partition coefficient (Wildman–Crippen LogP) is 4.88. The van der Waals surface area contributed by atoms with Gasteiger partial charge in [-0.2, -0.15) is 0 Å². The molecule has 2 nitrogen and oxygen atoms in total. The van der Waals surface area contributed by atoms with Crippen LogP contribution in [0, 0.1) is 11.8 Å². The van der Waals surface area contributed by atoms with Crippen molar-refractivity contribution < 1.29 is 0 Å². The van der Waals surface area contributed by atoms with E-state index in [0.29, 0.717) is 6.04 Å². The molecule has 0 aromatic heterocycles. The van der Waals surface area contributed by atoms with E-state index in [9.17, 15) is 0 Å². The normalized spacial score (nSPS) is 18.3. The van der Waals surface area contributed by atoms with Crippen LogP contribution in [0.3, 0.4) is 0 Å². The fourth-order valence-corrected chi connectivity index (χ4v) is 3.59. The molecule has 1 aromatic carbocycles. The lowest BCUT2D eigenvalue weighted by Crippen LogP contribution is -2.35. The summed E-state index contributed by atoms with van der Waals surface area (Å²) in [6.07, 6.45) is 2.56. The Kier molecular flexibility index (Phi) is 5.95. The van der Waals surface area contributed by atoms with Gasteiger partial charge < -0.3 is 10.2 Å². The Morgan fingerprint density at radius 3 is 2.43 bits per heavy atom. The number of nitrogens with one attached hydrogen (secondary N) is 1. The van der Waals surface area contributed by atoms with Gasteiger partial charge in [-0.1, -0.05) is 38.4 Å². The third kappa shape index (κ3) is 4.14. The van der Waals surface area contributed by atoms with E-state index in [0.717, 1.165) is 36.5 Å². The molecule has 0 spiro atoms. The molecule has 3 heteroatoms. The lowest BCUT2D eigenvalue weighted by atomic mass is 9.86. The highest BCUT2D eigenvalue weighted by Crippen LogP contribution is 2.33. The standard InChI is InChI=1S/C18H29ClN2/c1-5-20-14(4)16-6-7-18(17(19)12-16)21-10-8-15(9-11-21)13(2)3/h6-7,12-15,20H,5,8-11H2,1-4H3. The molecule has 2 rings (SSSR count). The van der Waals surface area contributed by atoms with Crippen LogP contribution in [-0.2, 0) is 0 Å². The molecule has 1 saturated heterocycles. The second-order valence-corrected chi connectivity index (χ2v) is 6.97. The Labute approximate surface area is 134 Å². The molecule has 0 aliphatic carbocycles. The van der Waals surface area contributed by atoms with Crippen LogP contribution in [0.25, 0.3) is 0 Å². The Balaban J connectivity index is 2.05. The van der Waals surface area contributed by atoms with Crippen LogP contribution in [0.5, 0.6) is 0 Å². The number of anilines is 1. The molecule has 0 radical (unpaired) electrons. The first-order valence-corrected chi connectivity index (χ1v) is 8.68. The van der Waals surface area contributed by atoms with E-state index >= 15 is 0 Å². The zero-order valence-corrected chi connectivity index (χ0v) is 14.6. The van der Waals surface area contributed by atoms with Crippen LogP contribution < -0.4 is 10.2 Å². The first-order chi connectivity index (χ1) is 10.0. The third-order valence-corrected chi connectivity index (χ3v) is 5.11. The summed E-state index contributed by atoms with van der Waals surface area (Å²) in [4.78, 5) is 2.45. The zero-order chi connectivity index (χ0) is 15.4. The molecule has 1 aliphatic heterocycles. The van der Waals surface area contributed by atoms with Crippen molar-refractivity contribution in [2.45, 2.75) is 46.6 Å². The summed E-state index contributed by atoms with van der Waals surface area (Å²) in [6.45, 7) is 12.2. The van der Waals surface area contributed by atoms with Gasteiger partial charge in [0.1, 0.15) is 0 Å². The third-order valence-electron chi connectivity index (χ3n) is 4.81. The van der Waals surface area contributed by atoms with Crippen molar-refractivity contribution in [1.82, 2.24) is 5.32 Å². The van der Waals surface area contributed by atoms with Gasteiger partial charge in [0.2, 0.25) is 0 Å². The maximum absolute atomic E-state index is 6.54. The molecule has 1 heterocycles. The van der Waals surface area contributed by atoms with Gasteiger partial charge in [-0.3, -0.25) is 0 Å². The van der Waals surface area contributed by atoms with E-state index in [1.807, 2.05) is 0 Å². The summed E-state index contributed by atoms with van der Waals surface area (Å²) >= 11 is 6.54. The van der Waals surface area contributed by atoms with Crippen molar-refractivity contribution in [2.24, 2.45) is 11.8 Å². The van der Waals surface area contributed by atoms with E-state index in [1.54, 1.807) is 0 Å². The lowest BCUT2D eigenvalue weighted by Gasteiger charge is -2.36. The smallest absolute Gasteiger partial charge is 0.0642 e. The van der Waals surface area contributed by atoms with Crippen LogP contribution in [0.4, 0.5) is 5.69 Å². The molecule has 0 saturated carbocycles. The van der Waals surface area contributed by atoms with E-state index in [1.165, 1.54) is 24.1 Å². The second-order valence-electron chi connectivity index (χ2n) is 6.56. The van der Waals surface area contributed by atoms with E-state index < -0.39 is 0 Å². The molecular weight excluding hydrogens is 280 g/mol. The highest BCUT2D eigenvalue weighted by molar-refractivity contribution is 6.33. The summed E-state index contributed by atoms with van der Waals surface area (Å²) < 4.78 is 0. The van der Waals surface area contributed by atoms with Crippen molar-refractivity contribution in [3.8, 4) is 0 Å². The molecule has 1 atom stereocenters. The van der Waals surface area contributed by atoms with Gasteiger partial charge in [0.25, 0.3) is 0 Å². The summed E-state index contributed by atoms with van der Waals surface area (Å²) in [5, 5.41) is 4.32. The van der Waals surface area contributed by atoms with Gasteiger partial charge in [0.15, 0.2) is 0 Å². The number of nitrogens with zero attached hydrogens (tertiary/aromatic N) is 1. The molecule has 0 bridgehead atoms. The van der Waals surface area contributed by atoms with Crippen molar-refractivity contribution in [3.63, 3.8) is 0 Å². The van der Waals surface area contributed by atoms with E-state index in [-0.39, 0.29) is 0 Å². The van der Waals surface area contributed by atoms with Gasteiger partial charge in [-0.15, -0.1) is 0 Å². The molecule has 21 heavy (non-hydrogen) atoms. The lowest BCUT2D eigenvalue weighted by molar-refractivity contribution is 0.311. The van der Waals surface area contributed by atoms with Gasteiger partial charge in [-0.05, 0) is 55.8 Å². The molecule has 1 N–H and O–H groups in total. The average molecular weight is 309 g/mol. The first-order valence-electron chi connectivity index (χ1n) is 8.30. The van der Waals surface area contributed by atoms with Gasteiger partial charge in [0, 0.05) is 19.1 Å². The SMILES string of the molecule is CCNC(C)c1ccc(N2CCC(C(C)C)CC2)c(Cl)c1. The minimum atomic E-state index is 0.355. The number of hydrogen-bond donors (Lipinski definition) is 1. The summed E-state index contributed by atoms with van der Waals surface area (Å²) in [5.74, 6) is 1.67. The quantitative estimate of drug-likeness (QED) is 0.833. The van der Waals surface area contributed by atoms with Crippen molar-refractivity contribution in [3.05, 3.63) is 28.8 Å². The average Bonchev–Trinajstić information content (AvgIpc) is 2.47. The zero-order valence-electron chi connectivity index (χ0n) is 13.8. The number of rotatable bonds is 5.